The molecule has 0 aliphatic heterocycles. The van der Waals surface area contributed by atoms with Crippen LogP contribution in [0.25, 0.3) is 10.9 Å². The van der Waals surface area contributed by atoms with E-state index < -0.39 is 31.2 Å². The molecular formula is C13H13BrFN5O4S2. The minimum Gasteiger partial charge on any atom is -0.234 e. The van der Waals surface area contributed by atoms with E-state index in [1.807, 2.05) is 4.72 Å². The first-order chi connectivity index (χ1) is 12.0. The van der Waals surface area contributed by atoms with Crippen molar-refractivity contribution in [3.8, 4) is 0 Å². The molecule has 2 heterocycles. The molecular weight excluding hydrogens is 453 g/mol. The molecule has 0 aliphatic carbocycles. The van der Waals surface area contributed by atoms with Crippen LogP contribution in [0.3, 0.4) is 0 Å². The lowest BCUT2D eigenvalue weighted by Gasteiger charge is -2.06. The highest BCUT2D eigenvalue weighted by molar-refractivity contribution is 9.10. The molecule has 1 aromatic carbocycles. The van der Waals surface area contributed by atoms with Crippen LogP contribution >= 0.6 is 15.9 Å². The predicted molar refractivity (Wildman–Crippen MR) is 95.1 cm³/mol. The molecule has 3 aromatic rings. The maximum absolute atomic E-state index is 13.7. The third-order valence-corrected chi connectivity index (χ3v) is 7.61. The van der Waals surface area contributed by atoms with Crippen molar-refractivity contribution in [3.63, 3.8) is 0 Å². The fraction of sp³-hybridized carbons (Fsp3) is 0.231. The van der Waals surface area contributed by atoms with E-state index in [2.05, 4.69) is 26.0 Å². The smallest absolute Gasteiger partial charge is 0.234 e. The first-order valence-corrected chi connectivity index (χ1v) is 10.8. The summed E-state index contributed by atoms with van der Waals surface area (Å²) >= 11 is 3.29. The number of rotatable bonds is 4. The number of nitrogens with zero attached hydrogens (tertiary/aromatic N) is 4. The lowest BCUT2D eigenvalue weighted by molar-refractivity contribution is 0.565. The van der Waals surface area contributed by atoms with E-state index in [0.717, 1.165) is 17.1 Å². The number of fused-ring (bicyclic) bond motifs is 1. The molecule has 3 rings (SSSR count). The van der Waals surface area contributed by atoms with Crippen LogP contribution in [-0.2, 0) is 20.2 Å². The van der Waals surface area contributed by atoms with Gasteiger partial charge in [0.15, 0.2) is 0 Å². The van der Waals surface area contributed by atoms with Crippen molar-refractivity contribution in [1.82, 2.24) is 22.9 Å². The second-order valence-corrected chi connectivity index (χ2v) is 9.50. The van der Waals surface area contributed by atoms with Gasteiger partial charge in [-0.05, 0) is 48.0 Å². The van der Waals surface area contributed by atoms with Crippen molar-refractivity contribution in [2.45, 2.75) is 19.0 Å². The molecule has 0 spiro atoms. The van der Waals surface area contributed by atoms with Crippen LogP contribution in [0.1, 0.15) is 11.5 Å². The zero-order valence-corrected chi connectivity index (χ0v) is 16.9. The van der Waals surface area contributed by atoms with Gasteiger partial charge in [-0.25, -0.2) is 8.36 Å². The van der Waals surface area contributed by atoms with Crippen LogP contribution in [0.15, 0.2) is 27.8 Å². The molecule has 13 heteroatoms. The van der Waals surface area contributed by atoms with Crippen LogP contribution in [0.2, 0.25) is 0 Å². The Labute approximate surface area is 157 Å². The summed E-state index contributed by atoms with van der Waals surface area (Å²) in [4.78, 5) is 3.77. The molecule has 2 aromatic heterocycles. The molecule has 140 valence electrons. The lowest BCUT2D eigenvalue weighted by Crippen LogP contribution is -2.28. The highest BCUT2D eigenvalue weighted by atomic mass is 79.9. The molecule has 0 atom stereocenters. The summed E-state index contributed by atoms with van der Waals surface area (Å²) in [5, 5.41) is 3.38. The number of aryl methyl sites for hydroxylation is 1. The van der Waals surface area contributed by atoms with Gasteiger partial charge in [0.2, 0.25) is 0 Å². The van der Waals surface area contributed by atoms with Crippen LogP contribution in [0.5, 0.6) is 0 Å². The van der Waals surface area contributed by atoms with E-state index in [4.69, 9.17) is 0 Å². The largest absolute Gasteiger partial charge is 0.321 e. The van der Waals surface area contributed by atoms with Crippen LogP contribution < -0.4 is 4.72 Å². The number of hydrogen-bond acceptors (Lipinski definition) is 6. The average Bonchev–Trinajstić information content (AvgIpc) is 3.07. The molecule has 0 bridgehead atoms. The predicted octanol–water partition coefficient (Wildman–Crippen LogP) is 1.30. The Morgan fingerprint density at radius 2 is 1.85 bits per heavy atom. The monoisotopic (exact) mass is 465 g/mol. The Morgan fingerprint density at radius 1 is 1.19 bits per heavy atom. The van der Waals surface area contributed by atoms with Crippen molar-refractivity contribution in [2.75, 3.05) is 7.05 Å². The number of hydrogen-bond donors (Lipinski definition) is 1. The summed E-state index contributed by atoms with van der Waals surface area (Å²) in [5.74, 6) is -0.760. The topological polar surface area (TPSA) is 116 Å². The Hall–Kier alpha value is -1.83. The molecule has 0 fully saturated rings. The highest BCUT2D eigenvalue weighted by Gasteiger charge is 2.30. The van der Waals surface area contributed by atoms with Gasteiger partial charge in [-0.15, -0.1) is 9.19 Å². The first-order valence-electron chi connectivity index (χ1n) is 7.10. The molecule has 9 nitrogen and oxygen atoms in total. The summed E-state index contributed by atoms with van der Waals surface area (Å²) in [5.41, 5.74) is 0.357. The van der Waals surface area contributed by atoms with Crippen LogP contribution in [0.4, 0.5) is 4.39 Å². The van der Waals surface area contributed by atoms with Crippen LogP contribution in [0, 0.1) is 19.7 Å². The average molecular weight is 466 g/mol. The Bertz CT molecular complexity index is 1250. The Balaban J connectivity index is 2.32. The number of nitrogens with one attached hydrogen (secondary N) is 1. The minimum absolute atomic E-state index is 0.0832. The maximum atomic E-state index is 13.7. The first kappa shape index (κ1) is 18.9. The van der Waals surface area contributed by atoms with Crippen molar-refractivity contribution in [1.29, 1.82) is 0 Å². The van der Waals surface area contributed by atoms with Gasteiger partial charge in [0.1, 0.15) is 11.6 Å². The fourth-order valence-corrected chi connectivity index (χ4v) is 5.38. The van der Waals surface area contributed by atoms with Gasteiger partial charge in [-0.1, -0.05) is 0 Å². The minimum atomic E-state index is -4.38. The van der Waals surface area contributed by atoms with Crippen molar-refractivity contribution >= 4 is 47.1 Å². The van der Waals surface area contributed by atoms with Gasteiger partial charge < -0.3 is 0 Å². The van der Waals surface area contributed by atoms with E-state index >= 15 is 0 Å². The third-order valence-electron chi connectivity index (χ3n) is 3.70. The van der Waals surface area contributed by atoms with Gasteiger partial charge in [0.25, 0.3) is 5.16 Å². The molecule has 0 aliphatic rings. The molecule has 0 saturated carbocycles. The zero-order chi connectivity index (χ0) is 19.4. The molecule has 0 amide bonds. The maximum Gasteiger partial charge on any atom is 0.321 e. The van der Waals surface area contributed by atoms with E-state index in [-0.39, 0.29) is 17.0 Å². The van der Waals surface area contributed by atoms with E-state index in [0.29, 0.717) is 13.9 Å². The van der Waals surface area contributed by atoms with E-state index in [1.165, 1.54) is 26.0 Å². The summed E-state index contributed by atoms with van der Waals surface area (Å²) < 4.78 is 67.4. The summed E-state index contributed by atoms with van der Waals surface area (Å²) in [6.45, 7) is 2.82. The number of aromatic nitrogens is 4. The standard InChI is InChI=1S/C13H13BrFN5O4S2/c1-7-12(14)10-5-4-9(15)6-11(10)19(7)25(21,22)13-17-8(2)20(18-13)26(23,24)16-3/h4-6,16H,1-3H3. The normalized spacial score (nSPS) is 12.8. The Kier molecular flexibility index (Phi) is 4.45. The fourth-order valence-electron chi connectivity index (χ4n) is 2.49. The highest BCUT2D eigenvalue weighted by Crippen LogP contribution is 2.33. The van der Waals surface area contributed by atoms with Crippen LogP contribution in [-0.4, -0.2) is 42.0 Å². The molecule has 0 radical (unpaired) electrons. The second kappa shape index (κ2) is 6.11. The third kappa shape index (κ3) is 2.74. The molecule has 1 N–H and O–H groups in total. The van der Waals surface area contributed by atoms with Crippen molar-refractivity contribution in [3.05, 3.63) is 40.0 Å². The second-order valence-electron chi connectivity index (χ2n) is 5.32. The molecule has 0 unspecified atom stereocenters. The SMILES string of the molecule is CNS(=O)(=O)n1nc(S(=O)(=O)n2c(C)c(Br)c3ccc(F)cc32)nc1C. The zero-order valence-electron chi connectivity index (χ0n) is 13.7. The van der Waals surface area contributed by atoms with Crippen molar-refractivity contribution < 1.29 is 21.2 Å². The van der Waals surface area contributed by atoms with Crippen molar-refractivity contribution in [2.24, 2.45) is 0 Å². The van der Waals surface area contributed by atoms with Gasteiger partial charge in [0, 0.05) is 22.6 Å². The van der Waals surface area contributed by atoms with Gasteiger partial charge in [-0.3, -0.25) is 0 Å². The molecule has 0 saturated heterocycles. The van der Waals surface area contributed by atoms with E-state index in [9.17, 15) is 21.2 Å². The van der Waals surface area contributed by atoms with Gasteiger partial charge >= 0.3 is 20.2 Å². The summed E-state index contributed by atoms with van der Waals surface area (Å²) in [7, 11) is -7.27. The summed E-state index contributed by atoms with van der Waals surface area (Å²) in [6, 6.07) is 3.72. The Morgan fingerprint density at radius 3 is 2.46 bits per heavy atom. The summed E-state index contributed by atoms with van der Waals surface area (Å²) in [6.07, 6.45) is 0. The quantitative estimate of drug-likeness (QED) is 0.620. The lowest BCUT2D eigenvalue weighted by atomic mass is 10.2. The molecule has 26 heavy (non-hydrogen) atoms. The van der Waals surface area contributed by atoms with E-state index in [1.54, 1.807) is 0 Å². The van der Waals surface area contributed by atoms with Gasteiger partial charge in [-0.2, -0.15) is 26.5 Å². The number of halogens is 2. The van der Waals surface area contributed by atoms with Gasteiger partial charge in [0.05, 0.1) is 5.52 Å². The number of benzene rings is 1.